The van der Waals surface area contributed by atoms with Crippen LogP contribution in [-0.2, 0) is 33.1 Å². The van der Waals surface area contributed by atoms with E-state index >= 15 is 0 Å². The van der Waals surface area contributed by atoms with E-state index in [1.165, 1.54) is 12.8 Å². The SMILES string of the molecule is CCCCn1cc[n+](C)c1.[Zn+2]. The van der Waals surface area contributed by atoms with Crippen molar-refractivity contribution in [2.24, 2.45) is 7.05 Å². The van der Waals surface area contributed by atoms with Crippen LogP contribution in [0.4, 0.5) is 0 Å². The van der Waals surface area contributed by atoms with Crippen molar-refractivity contribution in [3.63, 3.8) is 0 Å². The number of aromatic nitrogens is 2. The molecule has 0 saturated carbocycles. The van der Waals surface area contributed by atoms with Gasteiger partial charge in [-0.15, -0.1) is 0 Å². The fourth-order valence-corrected chi connectivity index (χ4v) is 0.975. The van der Waals surface area contributed by atoms with Gasteiger partial charge in [0.05, 0.1) is 13.6 Å². The Kier molecular flexibility index (Phi) is 5.40. The Morgan fingerprint density at radius 1 is 1.45 bits per heavy atom. The number of hydrogen-bond donors (Lipinski definition) is 0. The van der Waals surface area contributed by atoms with Gasteiger partial charge < -0.3 is 0 Å². The second-order valence-electron chi connectivity index (χ2n) is 2.67. The second kappa shape index (κ2) is 5.48. The molecule has 11 heavy (non-hydrogen) atoms. The van der Waals surface area contributed by atoms with Gasteiger partial charge in [-0.2, -0.15) is 0 Å². The Labute approximate surface area is 81.0 Å². The van der Waals surface area contributed by atoms with Crippen LogP contribution in [0.25, 0.3) is 0 Å². The molecule has 1 heterocycles. The van der Waals surface area contributed by atoms with Gasteiger partial charge in [0.15, 0.2) is 0 Å². The van der Waals surface area contributed by atoms with E-state index < -0.39 is 0 Å². The maximum Gasteiger partial charge on any atom is 2.00 e. The van der Waals surface area contributed by atoms with E-state index in [2.05, 4.69) is 34.8 Å². The van der Waals surface area contributed by atoms with Gasteiger partial charge in [-0.1, -0.05) is 13.3 Å². The van der Waals surface area contributed by atoms with Crippen molar-refractivity contribution in [2.45, 2.75) is 26.3 Å². The van der Waals surface area contributed by atoms with Crippen molar-refractivity contribution in [1.82, 2.24) is 4.57 Å². The molecule has 0 aliphatic heterocycles. The molecule has 0 radical (unpaired) electrons. The number of aryl methyl sites for hydroxylation is 2. The van der Waals surface area contributed by atoms with Crippen LogP contribution in [0.3, 0.4) is 0 Å². The van der Waals surface area contributed by atoms with Crippen molar-refractivity contribution in [1.29, 1.82) is 0 Å². The molecule has 2 nitrogen and oxygen atoms in total. The first-order valence-corrected chi connectivity index (χ1v) is 3.84. The summed E-state index contributed by atoms with van der Waals surface area (Å²) in [6.45, 7) is 3.36. The number of unbranched alkanes of at least 4 members (excludes halogenated alkanes) is 1. The minimum atomic E-state index is 0. The predicted octanol–water partition coefficient (Wildman–Crippen LogP) is 1.11. The number of imidazole rings is 1. The maximum atomic E-state index is 2.21. The molecule has 0 spiro atoms. The first-order chi connectivity index (χ1) is 4.83. The summed E-state index contributed by atoms with van der Waals surface area (Å²) in [4.78, 5) is 0. The summed E-state index contributed by atoms with van der Waals surface area (Å²) in [5.74, 6) is 0. The molecule has 0 bridgehead atoms. The third-order valence-electron chi connectivity index (χ3n) is 1.59. The van der Waals surface area contributed by atoms with Gasteiger partial charge in [0, 0.05) is 0 Å². The van der Waals surface area contributed by atoms with Crippen LogP contribution >= 0.6 is 0 Å². The van der Waals surface area contributed by atoms with E-state index in [9.17, 15) is 0 Å². The Morgan fingerprint density at radius 2 is 2.18 bits per heavy atom. The summed E-state index contributed by atoms with van der Waals surface area (Å²) in [6.07, 6.45) is 8.82. The van der Waals surface area contributed by atoms with E-state index in [1.54, 1.807) is 0 Å². The molecule has 0 fully saturated rings. The van der Waals surface area contributed by atoms with Crippen LogP contribution in [0.5, 0.6) is 0 Å². The summed E-state index contributed by atoms with van der Waals surface area (Å²) in [7, 11) is 2.04. The minimum absolute atomic E-state index is 0. The summed E-state index contributed by atoms with van der Waals surface area (Å²) in [5, 5.41) is 0. The molecule has 0 aromatic carbocycles. The standard InChI is InChI=1S/C8H15N2.Zn/c1-3-4-5-10-7-6-9(2)8-10;/h6-8H,3-5H2,1-2H3;/q+1;+2. The smallest absolute Gasteiger partial charge is 0.240 e. The normalized spacial score (nSPS) is 9.27. The average Bonchev–Trinajstić information content (AvgIpc) is 2.31. The van der Waals surface area contributed by atoms with E-state index in [0.717, 1.165) is 6.54 Å². The van der Waals surface area contributed by atoms with Gasteiger partial charge in [0.25, 0.3) is 0 Å². The Morgan fingerprint density at radius 3 is 2.64 bits per heavy atom. The number of hydrogen-bond acceptors (Lipinski definition) is 0. The second-order valence-corrected chi connectivity index (χ2v) is 2.67. The van der Waals surface area contributed by atoms with E-state index in [4.69, 9.17) is 0 Å². The van der Waals surface area contributed by atoms with E-state index in [0.29, 0.717) is 0 Å². The first-order valence-electron chi connectivity index (χ1n) is 3.84. The van der Waals surface area contributed by atoms with Crippen LogP contribution in [0.15, 0.2) is 18.7 Å². The van der Waals surface area contributed by atoms with Gasteiger partial charge in [-0.25, -0.2) is 9.13 Å². The Hall–Kier alpha value is -0.167. The summed E-state index contributed by atoms with van der Waals surface area (Å²) < 4.78 is 4.28. The quantitative estimate of drug-likeness (QED) is 0.515. The minimum Gasteiger partial charge on any atom is -0.240 e. The molecule has 0 amide bonds. The molecule has 0 N–H and O–H groups in total. The molecule has 0 unspecified atom stereocenters. The number of nitrogens with zero attached hydrogens (tertiary/aromatic N) is 2. The molecule has 3 heteroatoms. The van der Waals surface area contributed by atoms with Crippen LogP contribution in [0.1, 0.15) is 19.8 Å². The van der Waals surface area contributed by atoms with Gasteiger partial charge in [0.1, 0.15) is 12.4 Å². The molecule has 0 aliphatic rings. The maximum absolute atomic E-state index is 2.21. The molecule has 56 valence electrons. The fourth-order valence-electron chi connectivity index (χ4n) is 0.975. The Balaban J connectivity index is 0.000001000. The monoisotopic (exact) mass is 203 g/mol. The molecular formula is C8H15N2Zn+3. The van der Waals surface area contributed by atoms with Crippen LogP contribution < -0.4 is 4.57 Å². The summed E-state index contributed by atoms with van der Waals surface area (Å²) >= 11 is 0. The fraction of sp³-hybridized carbons (Fsp3) is 0.625. The average molecular weight is 205 g/mol. The van der Waals surface area contributed by atoms with Crippen LogP contribution in [-0.4, -0.2) is 4.57 Å². The molecule has 0 aliphatic carbocycles. The molecular weight excluding hydrogens is 189 g/mol. The predicted molar refractivity (Wildman–Crippen MR) is 40.5 cm³/mol. The summed E-state index contributed by atoms with van der Waals surface area (Å²) in [6, 6.07) is 0. The topological polar surface area (TPSA) is 8.81 Å². The van der Waals surface area contributed by atoms with Crippen molar-refractivity contribution < 1.29 is 24.0 Å². The van der Waals surface area contributed by atoms with Crippen molar-refractivity contribution in [2.75, 3.05) is 0 Å². The van der Waals surface area contributed by atoms with Gasteiger partial charge in [-0.05, 0) is 6.42 Å². The third kappa shape index (κ3) is 3.66. The molecule has 1 rings (SSSR count). The molecule has 0 saturated heterocycles. The van der Waals surface area contributed by atoms with Gasteiger partial charge in [-0.3, -0.25) is 0 Å². The number of rotatable bonds is 3. The molecule has 0 atom stereocenters. The largest absolute Gasteiger partial charge is 2.00 e. The summed E-state index contributed by atoms with van der Waals surface area (Å²) in [5.41, 5.74) is 0. The molecule has 1 aromatic heterocycles. The van der Waals surface area contributed by atoms with Gasteiger partial charge >= 0.3 is 19.5 Å². The van der Waals surface area contributed by atoms with E-state index in [-0.39, 0.29) is 19.5 Å². The van der Waals surface area contributed by atoms with Crippen molar-refractivity contribution >= 4 is 0 Å². The molecule has 1 aromatic rings. The van der Waals surface area contributed by atoms with Gasteiger partial charge in [0.2, 0.25) is 6.33 Å². The zero-order chi connectivity index (χ0) is 7.40. The van der Waals surface area contributed by atoms with Crippen molar-refractivity contribution in [3.05, 3.63) is 18.7 Å². The van der Waals surface area contributed by atoms with Crippen molar-refractivity contribution in [3.8, 4) is 0 Å². The third-order valence-corrected chi connectivity index (χ3v) is 1.59. The first kappa shape index (κ1) is 10.8. The Bertz CT molecular complexity index is 196. The van der Waals surface area contributed by atoms with E-state index in [1.807, 2.05) is 7.05 Å². The van der Waals surface area contributed by atoms with Crippen LogP contribution in [0.2, 0.25) is 0 Å². The zero-order valence-corrected chi connectivity index (χ0v) is 10.4. The van der Waals surface area contributed by atoms with Crippen LogP contribution in [0, 0.1) is 0 Å². The zero-order valence-electron chi connectivity index (χ0n) is 7.45.